The van der Waals surface area contributed by atoms with E-state index in [0.717, 1.165) is 24.8 Å². The summed E-state index contributed by atoms with van der Waals surface area (Å²) in [6.45, 7) is 0.873. The molecule has 8 heteroatoms. The van der Waals surface area contributed by atoms with E-state index in [-0.39, 0.29) is 18.6 Å². The molecule has 1 aliphatic carbocycles. The second-order valence-corrected chi connectivity index (χ2v) is 9.21. The van der Waals surface area contributed by atoms with Gasteiger partial charge in [-0.1, -0.05) is 36.1 Å². The fraction of sp³-hybridized carbons (Fsp3) is 0.261. The minimum atomic E-state index is -0.153. The third-order valence-electron chi connectivity index (χ3n) is 5.55. The minimum Gasteiger partial charge on any atom is -0.454 e. The first-order valence-electron chi connectivity index (χ1n) is 10.1. The zero-order chi connectivity index (χ0) is 21.4. The number of thiocarbonyl (C=S) groups is 1. The molecule has 0 saturated carbocycles. The second-order valence-electron chi connectivity index (χ2n) is 7.54. The molecule has 0 bridgehead atoms. The first-order valence-corrected chi connectivity index (χ1v) is 11.4. The molecule has 1 saturated heterocycles. The van der Waals surface area contributed by atoms with Crippen LogP contribution in [0.25, 0.3) is 6.08 Å². The number of thioether (sulfide) groups is 1. The van der Waals surface area contributed by atoms with Crippen LogP contribution >= 0.6 is 24.0 Å². The number of benzene rings is 2. The number of amides is 2. The average molecular weight is 453 g/mol. The van der Waals surface area contributed by atoms with E-state index in [1.165, 1.54) is 27.8 Å². The van der Waals surface area contributed by atoms with Crippen molar-refractivity contribution in [3.05, 3.63) is 63.6 Å². The third-order valence-corrected chi connectivity index (χ3v) is 6.93. The molecule has 6 nitrogen and oxygen atoms in total. The molecule has 2 heterocycles. The first kappa shape index (κ1) is 20.1. The molecule has 0 aromatic heterocycles. The van der Waals surface area contributed by atoms with Crippen LogP contribution in [-0.2, 0) is 17.6 Å². The van der Waals surface area contributed by atoms with Gasteiger partial charge in [0.15, 0.2) is 11.5 Å². The lowest BCUT2D eigenvalue weighted by atomic mass is 10.1. The Morgan fingerprint density at radius 3 is 2.87 bits per heavy atom. The van der Waals surface area contributed by atoms with Crippen LogP contribution in [0.15, 0.2) is 41.3 Å². The lowest BCUT2D eigenvalue weighted by Gasteiger charge is -2.15. The maximum Gasteiger partial charge on any atom is 0.266 e. The van der Waals surface area contributed by atoms with E-state index in [0.29, 0.717) is 39.4 Å². The SMILES string of the molecule is O=C(NCCN1C(=O)/C(=C/c2ccc3c(c2)OCO3)SC1=S)c1ccc2c(c1)CCC2. The van der Waals surface area contributed by atoms with E-state index >= 15 is 0 Å². The predicted octanol–water partition coefficient (Wildman–Crippen LogP) is 3.54. The Morgan fingerprint density at radius 2 is 1.97 bits per heavy atom. The molecule has 0 atom stereocenters. The molecule has 0 spiro atoms. The molecular formula is C23H20N2O4S2. The number of nitrogens with zero attached hydrogens (tertiary/aromatic N) is 1. The van der Waals surface area contributed by atoms with Crippen molar-refractivity contribution in [1.82, 2.24) is 10.2 Å². The number of carbonyl (C=O) groups is 2. The van der Waals surface area contributed by atoms with Crippen LogP contribution in [0, 0.1) is 0 Å². The summed E-state index contributed by atoms with van der Waals surface area (Å²) in [5.74, 6) is 1.08. The predicted molar refractivity (Wildman–Crippen MR) is 123 cm³/mol. The molecule has 2 aromatic rings. The Hall–Kier alpha value is -2.84. The number of aryl methyl sites for hydroxylation is 2. The quantitative estimate of drug-likeness (QED) is 0.553. The number of hydrogen-bond acceptors (Lipinski definition) is 6. The fourth-order valence-electron chi connectivity index (χ4n) is 3.94. The summed E-state index contributed by atoms with van der Waals surface area (Å²) in [6.07, 6.45) is 5.06. The van der Waals surface area contributed by atoms with Gasteiger partial charge in [-0.15, -0.1) is 0 Å². The molecule has 2 amide bonds. The molecule has 31 heavy (non-hydrogen) atoms. The van der Waals surface area contributed by atoms with Gasteiger partial charge in [0, 0.05) is 18.7 Å². The number of ether oxygens (including phenoxy) is 2. The van der Waals surface area contributed by atoms with E-state index in [1.54, 1.807) is 6.08 Å². The number of nitrogens with one attached hydrogen (secondary N) is 1. The van der Waals surface area contributed by atoms with Gasteiger partial charge in [-0.3, -0.25) is 14.5 Å². The summed E-state index contributed by atoms with van der Waals surface area (Å²) in [4.78, 5) is 27.4. The highest BCUT2D eigenvalue weighted by Crippen LogP contribution is 2.36. The van der Waals surface area contributed by atoms with Crippen molar-refractivity contribution >= 4 is 46.2 Å². The van der Waals surface area contributed by atoms with E-state index < -0.39 is 0 Å². The highest BCUT2D eigenvalue weighted by Gasteiger charge is 2.31. The smallest absolute Gasteiger partial charge is 0.266 e. The van der Waals surface area contributed by atoms with E-state index in [4.69, 9.17) is 21.7 Å². The maximum absolute atomic E-state index is 12.8. The van der Waals surface area contributed by atoms with Crippen LogP contribution in [-0.4, -0.2) is 40.9 Å². The normalized spacial score (nSPS) is 18.1. The number of carbonyl (C=O) groups excluding carboxylic acids is 2. The van der Waals surface area contributed by atoms with Gasteiger partial charge >= 0.3 is 0 Å². The Labute approximate surface area is 189 Å². The number of fused-ring (bicyclic) bond motifs is 2. The van der Waals surface area contributed by atoms with Gasteiger partial charge in [-0.25, -0.2) is 0 Å². The van der Waals surface area contributed by atoms with Gasteiger partial charge in [0.2, 0.25) is 6.79 Å². The van der Waals surface area contributed by atoms with Crippen LogP contribution in [0.3, 0.4) is 0 Å². The first-order chi connectivity index (χ1) is 15.1. The summed E-state index contributed by atoms with van der Waals surface area (Å²) in [5.41, 5.74) is 4.10. The molecule has 2 aliphatic heterocycles. The highest BCUT2D eigenvalue weighted by atomic mass is 32.2. The third kappa shape index (κ3) is 4.05. The zero-order valence-electron chi connectivity index (χ0n) is 16.7. The van der Waals surface area contributed by atoms with E-state index in [9.17, 15) is 9.59 Å². The standard InChI is InChI=1S/C23H20N2O4S2/c26-21(17-6-5-15-2-1-3-16(15)12-17)24-8-9-25-22(27)20(31-23(25)30)11-14-4-7-18-19(10-14)29-13-28-18/h4-7,10-12H,1-3,8-9,13H2,(H,24,26)/b20-11-. The average Bonchev–Trinajstić information content (AvgIpc) is 3.48. The largest absolute Gasteiger partial charge is 0.454 e. The van der Waals surface area contributed by atoms with Crippen molar-refractivity contribution in [2.75, 3.05) is 19.9 Å². The van der Waals surface area contributed by atoms with Crippen molar-refractivity contribution in [1.29, 1.82) is 0 Å². The topological polar surface area (TPSA) is 67.9 Å². The van der Waals surface area contributed by atoms with Gasteiger partial charge in [-0.2, -0.15) is 0 Å². The monoisotopic (exact) mass is 452 g/mol. The van der Waals surface area contributed by atoms with Crippen LogP contribution in [0.4, 0.5) is 0 Å². The Morgan fingerprint density at radius 1 is 1.13 bits per heavy atom. The maximum atomic E-state index is 12.8. The molecule has 2 aromatic carbocycles. The molecular weight excluding hydrogens is 432 g/mol. The summed E-state index contributed by atoms with van der Waals surface area (Å²) in [7, 11) is 0. The molecule has 1 N–H and O–H groups in total. The summed E-state index contributed by atoms with van der Waals surface area (Å²) < 4.78 is 11.2. The van der Waals surface area contributed by atoms with Crippen LogP contribution < -0.4 is 14.8 Å². The van der Waals surface area contributed by atoms with Crippen molar-refractivity contribution < 1.29 is 19.1 Å². The second kappa shape index (κ2) is 8.36. The summed E-state index contributed by atoms with van der Waals surface area (Å²) in [5, 5.41) is 2.90. The lowest BCUT2D eigenvalue weighted by molar-refractivity contribution is -0.122. The van der Waals surface area contributed by atoms with Crippen molar-refractivity contribution in [2.45, 2.75) is 19.3 Å². The van der Waals surface area contributed by atoms with Crippen LogP contribution in [0.2, 0.25) is 0 Å². The molecule has 1 fully saturated rings. The number of rotatable bonds is 5. The lowest BCUT2D eigenvalue weighted by Crippen LogP contribution is -2.37. The zero-order valence-corrected chi connectivity index (χ0v) is 18.3. The summed E-state index contributed by atoms with van der Waals surface area (Å²) in [6, 6.07) is 11.4. The van der Waals surface area contributed by atoms with Crippen molar-refractivity contribution in [3.63, 3.8) is 0 Å². The Balaban J connectivity index is 1.20. The minimum absolute atomic E-state index is 0.129. The summed E-state index contributed by atoms with van der Waals surface area (Å²) >= 11 is 6.65. The van der Waals surface area contributed by atoms with Gasteiger partial charge in [-0.05, 0) is 66.3 Å². The van der Waals surface area contributed by atoms with Gasteiger partial charge in [0.1, 0.15) is 4.32 Å². The van der Waals surface area contributed by atoms with Gasteiger partial charge in [0.25, 0.3) is 11.8 Å². The van der Waals surface area contributed by atoms with Crippen molar-refractivity contribution in [3.8, 4) is 11.5 Å². The molecule has 0 unspecified atom stereocenters. The fourth-order valence-corrected chi connectivity index (χ4v) is 5.25. The molecule has 3 aliphatic rings. The van der Waals surface area contributed by atoms with Crippen molar-refractivity contribution in [2.24, 2.45) is 0 Å². The Kier molecular flexibility index (Phi) is 5.41. The van der Waals surface area contributed by atoms with Crippen LogP contribution in [0.5, 0.6) is 11.5 Å². The van der Waals surface area contributed by atoms with Gasteiger partial charge in [0.05, 0.1) is 4.91 Å². The molecule has 158 valence electrons. The van der Waals surface area contributed by atoms with Gasteiger partial charge < -0.3 is 14.8 Å². The van der Waals surface area contributed by atoms with E-state index in [2.05, 4.69) is 5.32 Å². The van der Waals surface area contributed by atoms with E-state index in [1.807, 2.05) is 36.4 Å². The molecule has 5 rings (SSSR count). The molecule has 0 radical (unpaired) electrons. The Bertz CT molecular complexity index is 1130. The number of hydrogen-bond donors (Lipinski definition) is 1. The van der Waals surface area contributed by atoms with Crippen LogP contribution in [0.1, 0.15) is 33.5 Å². The highest BCUT2D eigenvalue weighted by molar-refractivity contribution is 8.26.